The maximum atomic E-state index is 11.4. The third-order valence-corrected chi connectivity index (χ3v) is 2.58. The van der Waals surface area contributed by atoms with Crippen molar-refractivity contribution in [3.63, 3.8) is 0 Å². The van der Waals surface area contributed by atoms with Crippen LogP contribution in [-0.2, 0) is 17.6 Å². The Morgan fingerprint density at radius 1 is 1.13 bits per heavy atom. The second-order valence-corrected chi connectivity index (χ2v) is 3.56. The van der Waals surface area contributed by atoms with Gasteiger partial charge in [0.05, 0.1) is 0 Å². The van der Waals surface area contributed by atoms with Gasteiger partial charge >= 0.3 is 0 Å². The number of benzene rings is 1. The summed E-state index contributed by atoms with van der Waals surface area (Å²) in [6.45, 7) is 6.09. The molecule has 0 radical (unpaired) electrons. The summed E-state index contributed by atoms with van der Waals surface area (Å²) >= 11 is 0. The number of rotatable bonds is 4. The summed E-state index contributed by atoms with van der Waals surface area (Å²) in [6.07, 6.45) is 2.43. The fourth-order valence-corrected chi connectivity index (χ4v) is 1.63. The van der Waals surface area contributed by atoms with Gasteiger partial charge in [-0.3, -0.25) is 4.79 Å². The Balaban J connectivity index is 3.05. The van der Waals surface area contributed by atoms with Crippen LogP contribution in [0, 0.1) is 0 Å². The van der Waals surface area contributed by atoms with Gasteiger partial charge in [-0.2, -0.15) is 0 Å². The number of amides is 1. The molecule has 0 heterocycles. The van der Waals surface area contributed by atoms with E-state index in [0.717, 1.165) is 18.5 Å². The number of aryl methyl sites for hydroxylation is 2. The molecule has 0 aromatic heterocycles. The smallest absolute Gasteiger partial charge is 0.224 e. The molecule has 0 aliphatic rings. The molecule has 15 heavy (non-hydrogen) atoms. The van der Waals surface area contributed by atoms with Crippen molar-refractivity contribution >= 4 is 11.6 Å². The fraction of sp³-hybridized carbons (Fsp3) is 0.462. The van der Waals surface area contributed by atoms with Crippen LogP contribution >= 0.6 is 0 Å². The van der Waals surface area contributed by atoms with E-state index in [1.807, 2.05) is 6.92 Å². The Hall–Kier alpha value is -1.31. The third kappa shape index (κ3) is 2.82. The summed E-state index contributed by atoms with van der Waals surface area (Å²) in [6, 6.07) is 6.20. The first-order valence-corrected chi connectivity index (χ1v) is 5.63. The van der Waals surface area contributed by atoms with Gasteiger partial charge in [-0.25, -0.2) is 0 Å². The Kier molecular flexibility index (Phi) is 4.35. The van der Waals surface area contributed by atoms with E-state index < -0.39 is 0 Å². The summed E-state index contributed by atoms with van der Waals surface area (Å²) < 4.78 is 0. The zero-order valence-corrected chi connectivity index (χ0v) is 9.76. The molecule has 0 bridgehead atoms. The Morgan fingerprint density at radius 3 is 2.07 bits per heavy atom. The fourth-order valence-electron chi connectivity index (χ4n) is 1.63. The molecular formula is C13H19NO. The lowest BCUT2D eigenvalue weighted by Gasteiger charge is -2.13. The largest absolute Gasteiger partial charge is 0.326 e. The van der Waals surface area contributed by atoms with E-state index in [-0.39, 0.29) is 5.91 Å². The second kappa shape index (κ2) is 5.54. The molecule has 0 fully saturated rings. The molecule has 2 heteroatoms. The monoisotopic (exact) mass is 205 g/mol. The molecule has 1 aromatic rings. The molecule has 1 rings (SSSR count). The number of nitrogens with one attached hydrogen (secondary N) is 1. The van der Waals surface area contributed by atoms with Crippen molar-refractivity contribution in [2.75, 3.05) is 5.32 Å². The minimum absolute atomic E-state index is 0.0885. The standard InChI is InChI=1S/C13H19NO/c1-4-10-8-7-9-11(5-2)13(10)14-12(15)6-3/h7-9H,4-6H2,1-3H3,(H,14,15). The first-order chi connectivity index (χ1) is 7.22. The van der Waals surface area contributed by atoms with Crippen LogP contribution < -0.4 is 5.32 Å². The van der Waals surface area contributed by atoms with Gasteiger partial charge in [0.25, 0.3) is 0 Å². The van der Waals surface area contributed by atoms with E-state index in [2.05, 4.69) is 37.4 Å². The number of carbonyl (C=O) groups is 1. The molecule has 0 spiro atoms. The molecule has 0 unspecified atom stereocenters. The molecule has 0 aliphatic heterocycles. The molecule has 82 valence electrons. The summed E-state index contributed by atoms with van der Waals surface area (Å²) in [7, 11) is 0. The predicted octanol–water partition coefficient (Wildman–Crippen LogP) is 3.16. The van der Waals surface area contributed by atoms with Crippen molar-refractivity contribution in [1.82, 2.24) is 0 Å². The highest BCUT2D eigenvalue weighted by atomic mass is 16.1. The number of anilines is 1. The highest BCUT2D eigenvalue weighted by molar-refractivity contribution is 5.92. The van der Waals surface area contributed by atoms with Gasteiger partial charge in [0.15, 0.2) is 0 Å². The van der Waals surface area contributed by atoms with E-state index in [0.29, 0.717) is 6.42 Å². The Morgan fingerprint density at radius 2 is 1.67 bits per heavy atom. The van der Waals surface area contributed by atoms with Crippen LogP contribution in [0.5, 0.6) is 0 Å². The summed E-state index contributed by atoms with van der Waals surface area (Å²) in [5.41, 5.74) is 3.46. The van der Waals surface area contributed by atoms with Gasteiger partial charge in [-0.1, -0.05) is 39.0 Å². The van der Waals surface area contributed by atoms with Crippen molar-refractivity contribution in [1.29, 1.82) is 0 Å². The van der Waals surface area contributed by atoms with Crippen LogP contribution in [0.3, 0.4) is 0 Å². The van der Waals surface area contributed by atoms with Crippen molar-refractivity contribution in [2.45, 2.75) is 40.0 Å². The lowest BCUT2D eigenvalue weighted by Crippen LogP contribution is -2.13. The SMILES string of the molecule is CCC(=O)Nc1c(CC)cccc1CC. The van der Waals surface area contributed by atoms with Crippen LogP contribution in [0.15, 0.2) is 18.2 Å². The zero-order chi connectivity index (χ0) is 11.3. The molecular weight excluding hydrogens is 186 g/mol. The van der Waals surface area contributed by atoms with Gasteiger partial charge in [0, 0.05) is 12.1 Å². The highest BCUT2D eigenvalue weighted by Gasteiger charge is 2.07. The van der Waals surface area contributed by atoms with Crippen LogP contribution in [-0.4, -0.2) is 5.91 Å². The normalized spacial score (nSPS) is 10.1. The highest BCUT2D eigenvalue weighted by Crippen LogP contribution is 2.22. The minimum Gasteiger partial charge on any atom is -0.326 e. The second-order valence-electron chi connectivity index (χ2n) is 3.56. The molecule has 1 N–H and O–H groups in total. The van der Waals surface area contributed by atoms with Crippen LogP contribution in [0.2, 0.25) is 0 Å². The van der Waals surface area contributed by atoms with E-state index in [1.165, 1.54) is 11.1 Å². The third-order valence-electron chi connectivity index (χ3n) is 2.58. The summed E-state index contributed by atoms with van der Waals surface area (Å²) in [5, 5.41) is 2.99. The number of para-hydroxylation sites is 1. The summed E-state index contributed by atoms with van der Waals surface area (Å²) in [4.78, 5) is 11.4. The lowest BCUT2D eigenvalue weighted by molar-refractivity contribution is -0.115. The summed E-state index contributed by atoms with van der Waals surface area (Å²) in [5.74, 6) is 0.0885. The van der Waals surface area contributed by atoms with Gasteiger partial charge in [-0.15, -0.1) is 0 Å². The number of carbonyl (C=O) groups excluding carboxylic acids is 1. The van der Waals surface area contributed by atoms with E-state index in [4.69, 9.17) is 0 Å². The first kappa shape index (κ1) is 11.8. The van der Waals surface area contributed by atoms with Crippen LogP contribution in [0.25, 0.3) is 0 Å². The lowest BCUT2D eigenvalue weighted by atomic mass is 10.0. The minimum atomic E-state index is 0.0885. The zero-order valence-electron chi connectivity index (χ0n) is 9.76. The van der Waals surface area contributed by atoms with Gasteiger partial charge in [0.1, 0.15) is 0 Å². The van der Waals surface area contributed by atoms with Crippen molar-refractivity contribution in [3.8, 4) is 0 Å². The van der Waals surface area contributed by atoms with E-state index in [1.54, 1.807) is 0 Å². The molecule has 2 nitrogen and oxygen atoms in total. The average molecular weight is 205 g/mol. The maximum absolute atomic E-state index is 11.4. The van der Waals surface area contributed by atoms with Crippen molar-refractivity contribution in [2.24, 2.45) is 0 Å². The quantitative estimate of drug-likeness (QED) is 0.803. The molecule has 0 saturated heterocycles. The number of hydrogen-bond acceptors (Lipinski definition) is 1. The predicted molar refractivity (Wildman–Crippen MR) is 64.1 cm³/mol. The van der Waals surface area contributed by atoms with Crippen molar-refractivity contribution in [3.05, 3.63) is 29.3 Å². The topological polar surface area (TPSA) is 29.1 Å². The van der Waals surface area contributed by atoms with E-state index in [9.17, 15) is 4.79 Å². The molecule has 1 amide bonds. The van der Waals surface area contributed by atoms with E-state index >= 15 is 0 Å². The Bertz CT molecular complexity index is 322. The van der Waals surface area contributed by atoms with Gasteiger partial charge < -0.3 is 5.32 Å². The first-order valence-electron chi connectivity index (χ1n) is 5.63. The average Bonchev–Trinajstić information content (AvgIpc) is 2.29. The molecule has 0 atom stereocenters. The molecule has 0 saturated carbocycles. The van der Waals surface area contributed by atoms with Crippen LogP contribution in [0.4, 0.5) is 5.69 Å². The Labute approximate surface area is 91.7 Å². The van der Waals surface area contributed by atoms with Crippen molar-refractivity contribution < 1.29 is 4.79 Å². The molecule has 0 aliphatic carbocycles. The maximum Gasteiger partial charge on any atom is 0.224 e. The number of hydrogen-bond donors (Lipinski definition) is 1. The van der Waals surface area contributed by atoms with Gasteiger partial charge in [0.2, 0.25) is 5.91 Å². The molecule has 1 aromatic carbocycles. The van der Waals surface area contributed by atoms with Crippen LogP contribution in [0.1, 0.15) is 38.3 Å². The van der Waals surface area contributed by atoms with Gasteiger partial charge in [-0.05, 0) is 24.0 Å².